The van der Waals surface area contributed by atoms with Gasteiger partial charge in [-0.1, -0.05) is 18.2 Å². The molecule has 7 heteroatoms. The van der Waals surface area contributed by atoms with Crippen LogP contribution in [0.1, 0.15) is 67.0 Å². The average Bonchev–Trinajstić information content (AvgIpc) is 3.17. The average molecular weight is 403 g/mol. The summed E-state index contributed by atoms with van der Waals surface area (Å²) in [6.07, 6.45) is 5.26. The van der Waals surface area contributed by atoms with E-state index in [9.17, 15) is 13.2 Å². The van der Waals surface area contributed by atoms with Crippen LogP contribution in [0.5, 0.6) is 0 Å². The lowest BCUT2D eigenvalue weighted by Gasteiger charge is -2.62. The molecule has 4 fully saturated rings. The van der Waals surface area contributed by atoms with Crippen molar-refractivity contribution in [3.63, 3.8) is 0 Å². The minimum atomic E-state index is -2.84. The summed E-state index contributed by atoms with van der Waals surface area (Å²) in [5, 5.41) is 3.17. The second-order valence-corrected chi connectivity index (χ2v) is 8.71. The molecule has 0 spiro atoms. The Hall–Kier alpha value is -2.15. The van der Waals surface area contributed by atoms with E-state index in [0.717, 1.165) is 42.5 Å². The highest BCUT2D eigenvalue weighted by Crippen LogP contribution is 2.66. The molecule has 2 bridgehead atoms. The van der Waals surface area contributed by atoms with Crippen LogP contribution in [0, 0.1) is 17.2 Å². The van der Waals surface area contributed by atoms with Crippen molar-refractivity contribution < 1.29 is 17.9 Å². The van der Waals surface area contributed by atoms with Crippen molar-refractivity contribution >= 4 is 5.82 Å². The van der Waals surface area contributed by atoms with E-state index in [1.54, 1.807) is 0 Å². The topological polar surface area (TPSA) is 47.0 Å². The minimum absolute atomic E-state index is 0.0710. The third kappa shape index (κ3) is 3.39. The number of hydrogen-bond donors (Lipinski definition) is 1. The van der Waals surface area contributed by atoms with E-state index in [0.29, 0.717) is 17.8 Å². The van der Waals surface area contributed by atoms with E-state index < -0.39 is 17.8 Å². The number of benzene rings is 1. The summed E-state index contributed by atoms with van der Waals surface area (Å²) in [6, 6.07) is 4.09. The standard InChI is InChI=1S/C22H24F3N3O/c23-19-14(3-1-4-15(19)20(24)25)11-26-21-18(17-5-2-6-29-17)16(27-12-28-21)10-22-7-13(8-22)9-22/h1,3-4,12-13,17,20H,2,5-11H2,(H,26,27,28). The molecule has 29 heavy (non-hydrogen) atoms. The molecule has 1 aromatic carbocycles. The Labute approximate surface area is 167 Å². The summed E-state index contributed by atoms with van der Waals surface area (Å²) in [6.45, 7) is 0.784. The van der Waals surface area contributed by atoms with Gasteiger partial charge >= 0.3 is 0 Å². The van der Waals surface area contributed by atoms with Crippen molar-refractivity contribution in [2.75, 3.05) is 11.9 Å². The molecule has 2 aromatic rings. The lowest BCUT2D eigenvalue weighted by Crippen LogP contribution is -2.53. The number of ether oxygens (including phenoxy) is 1. The molecule has 2 heterocycles. The first-order valence-electron chi connectivity index (χ1n) is 10.3. The van der Waals surface area contributed by atoms with Crippen LogP contribution in [-0.2, 0) is 17.7 Å². The fourth-order valence-electron chi connectivity index (χ4n) is 5.17. The number of hydrogen-bond acceptors (Lipinski definition) is 4. The molecule has 1 atom stereocenters. The van der Waals surface area contributed by atoms with Gasteiger partial charge in [0.2, 0.25) is 0 Å². The van der Waals surface area contributed by atoms with Crippen LogP contribution in [-0.4, -0.2) is 16.6 Å². The first-order chi connectivity index (χ1) is 14.0. The molecule has 6 rings (SSSR count). The Balaban J connectivity index is 1.41. The molecule has 0 radical (unpaired) electrons. The van der Waals surface area contributed by atoms with Gasteiger partial charge in [0.1, 0.15) is 18.0 Å². The molecule has 1 saturated heterocycles. The van der Waals surface area contributed by atoms with E-state index in [1.165, 1.54) is 37.7 Å². The monoisotopic (exact) mass is 403 g/mol. The van der Waals surface area contributed by atoms with Crippen LogP contribution in [0.3, 0.4) is 0 Å². The Morgan fingerprint density at radius 1 is 1.21 bits per heavy atom. The van der Waals surface area contributed by atoms with Crippen molar-refractivity contribution in [1.82, 2.24) is 9.97 Å². The number of aromatic nitrogens is 2. The number of alkyl halides is 2. The molecule has 1 N–H and O–H groups in total. The smallest absolute Gasteiger partial charge is 0.266 e. The Kier molecular flexibility index (Phi) is 4.73. The van der Waals surface area contributed by atoms with Gasteiger partial charge in [-0.2, -0.15) is 0 Å². The first kappa shape index (κ1) is 18.9. The molecular weight excluding hydrogens is 379 g/mol. The molecular formula is C22H24F3N3O. The van der Waals surface area contributed by atoms with Gasteiger partial charge in [0.15, 0.2) is 0 Å². The lowest BCUT2D eigenvalue weighted by molar-refractivity contribution is -0.106. The van der Waals surface area contributed by atoms with Crippen molar-refractivity contribution in [3.05, 3.63) is 52.7 Å². The number of halogens is 3. The van der Waals surface area contributed by atoms with Gasteiger partial charge in [-0.3, -0.25) is 0 Å². The molecule has 1 unspecified atom stereocenters. The Bertz CT molecular complexity index is 897. The second-order valence-electron chi connectivity index (χ2n) is 8.71. The summed E-state index contributed by atoms with van der Waals surface area (Å²) in [7, 11) is 0. The summed E-state index contributed by atoms with van der Waals surface area (Å²) in [5.41, 5.74) is 1.98. The van der Waals surface area contributed by atoms with Crippen molar-refractivity contribution in [3.8, 4) is 0 Å². The minimum Gasteiger partial charge on any atom is -0.373 e. The Morgan fingerprint density at radius 2 is 2.03 bits per heavy atom. The number of nitrogens with zero attached hydrogens (tertiary/aromatic N) is 2. The quantitative estimate of drug-likeness (QED) is 0.676. The van der Waals surface area contributed by atoms with Gasteiger partial charge in [0, 0.05) is 24.3 Å². The molecule has 3 saturated carbocycles. The maximum Gasteiger partial charge on any atom is 0.266 e. The van der Waals surface area contributed by atoms with Crippen molar-refractivity contribution in [2.45, 2.75) is 57.6 Å². The zero-order chi connectivity index (χ0) is 20.0. The third-order valence-electron chi connectivity index (χ3n) is 6.72. The predicted octanol–water partition coefficient (Wildman–Crippen LogP) is 5.36. The predicted molar refractivity (Wildman–Crippen MR) is 102 cm³/mol. The van der Waals surface area contributed by atoms with Gasteiger partial charge in [-0.15, -0.1) is 0 Å². The summed E-state index contributed by atoms with van der Waals surface area (Å²) in [4.78, 5) is 8.98. The van der Waals surface area contributed by atoms with Crippen LogP contribution < -0.4 is 5.32 Å². The van der Waals surface area contributed by atoms with E-state index in [-0.39, 0.29) is 18.2 Å². The lowest BCUT2D eigenvalue weighted by atomic mass is 9.43. The molecule has 3 aliphatic carbocycles. The van der Waals surface area contributed by atoms with Crippen LogP contribution in [0.25, 0.3) is 0 Å². The summed E-state index contributed by atoms with van der Waals surface area (Å²) in [5.74, 6) is 0.651. The highest BCUT2D eigenvalue weighted by atomic mass is 19.3. The van der Waals surface area contributed by atoms with E-state index >= 15 is 0 Å². The number of nitrogens with one attached hydrogen (secondary N) is 1. The van der Waals surface area contributed by atoms with Gasteiger partial charge in [0.25, 0.3) is 6.43 Å². The zero-order valence-corrected chi connectivity index (χ0v) is 16.1. The van der Waals surface area contributed by atoms with E-state index in [1.807, 2.05) is 0 Å². The number of rotatable bonds is 7. The molecule has 154 valence electrons. The van der Waals surface area contributed by atoms with Gasteiger partial charge in [-0.05, 0) is 49.9 Å². The van der Waals surface area contributed by atoms with Gasteiger partial charge in [-0.25, -0.2) is 23.1 Å². The maximum atomic E-state index is 14.4. The first-order valence-corrected chi connectivity index (χ1v) is 10.3. The zero-order valence-electron chi connectivity index (χ0n) is 16.1. The summed E-state index contributed by atoms with van der Waals surface area (Å²) < 4.78 is 46.3. The van der Waals surface area contributed by atoms with Crippen LogP contribution in [0.2, 0.25) is 0 Å². The molecule has 4 aliphatic rings. The largest absolute Gasteiger partial charge is 0.373 e. The van der Waals surface area contributed by atoms with Gasteiger partial charge in [0.05, 0.1) is 17.4 Å². The fourth-order valence-corrected chi connectivity index (χ4v) is 5.17. The molecule has 0 amide bonds. The van der Waals surface area contributed by atoms with Crippen LogP contribution >= 0.6 is 0 Å². The third-order valence-corrected chi connectivity index (χ3v) is 6.72. The van der Waals surface area contributed by atoms with Gasteiger partial charge < -0.3 is 10.1 Å². The molecule has 4 nitrogen and oxygen atoms in total. The number of anilines is 1. The maximum absolute atomic E-state index is 14.4. The van der Waals surface area contributed by atoms with Crippen LogP contribution in [0.15, 0.2) is 24.5 Å². The van der Waals surface area contributed by atoms with Crippen molar-refractivity contribution in [1.29, 1.82) is 0 Å². The highest BCUT2D eigenvalue weighted by molar-refractivity contribution is 5.49. The SMILES string of the molecule is Fc1c(CNc2ncnc(CC34CC(C3)C4)c2C2CCCO2)cccc1C(F)F. The molecule has 1 aliphatic heterocycles. The van der Waals surface area contributed by atoms with E-state index in [4.69, 9.17) is 4.74 Å². The normalized spacial score (nSPS) is 27.6. The second kappa shape index (κ2) is 7.27. The highest BCUT2D eigenvalue weighted by Gasteiger charge is 2.56. The fraction of sp³-hybridized carbons (Fsp3) is 0.545. The Morgan fingerprint density at radius 3 is 2.69 bits per heavy atom. The summed E-state index contributed by atoms with van der Waals surface area (Å²) >= 11 is 0. The van der Waals surface area contributed by atoms with E-state index in [2.05, 4.69) is 15.3 Å². The van der Waals surface area contributed by atoms with Crippen LogP contribution in [0.4, 0.5) is 19.0 Å². The molecule has 1 aromatic heterocycles. The van der Waals surface area contributed by atoms with Crippen molar-refractivity contribution in [2.24, 2.45) is 11.3 Å².